The number of amides is 4. The van der Waals surface area contributed by atoms with E-state index in [-0.39, 0.29) is 36.4 Å². The lowest BCUT2D eigenvalue weighted by molar-refractivity contribution is -0.144. The van der Waals surface area contributed by atoms with Gasteiger partial charge < -0.3 is 31.3 Å². The smallest absolute Gasteiger partial charge is 0.407 e. The van der Waals surface area contributed by atoms with Crippen molar-refractivity contribution < 1.29 is 23.9 Å². The third-order valence-corrected chi connectivity index (χ3v) is 8.15. The maximum absolute atomic E-state index is 14.0. The molecule has 1 heterocycles. The maximum Gasteiger partial charge on any atom is 0.407 e. The summed E-state index contributed by atoms with van der Waals surface area (Å²) in [6.07, 6.45) is 6.04. The molecule has 5 atom stereocenters. The molecule has 2 aliphatic carbocycles. The highest BCUT2D eigenvalue weighted by atomic mass is 16.6. The maximum atomic E-state index is 14.0. The van der Waals surface area contributed by atoms with Gasteiger partial charge in [0.15, 0.2) is 6.10 Å². The van der Waals surface area contributed by atoms with Crippen LogP contribution in [0.4, 0.5) is 4.79 Å². The van der Waals surface area contributed by atoms with Crippen LogP contribution in [0, 0.1) is 5.92 Å². The SMILES string of the molecule is CNC(=O)OC(C)C(=O)NC(C(=O)N1C[C@@H](N)C[C@H]1C(=O)N[C@@H]1CCCc2ccccc21)C1CCCCC1. The van der Waals surface area contributed by atoms with Crippen LogP contribution in [0.15, 0.2) is 24.3 Å². The Labute approximate surface area is 224 Å². The molecule has 0 bridgehead atoms. The highest BCUT2D eigenvalue weighted by Crippen LogP contribution is 2.32. The number of hydrogen-bond donors (Lipinski definition) is 4. The largest absolute Gasteiger partial charge is 0.436 e. The standard InChI is InChI=1S/C28H41N5O5/c1-17(38-28(37)30-2)25(34)32-24(19-10-4-3-5-11-19)27(36)33-16-20(29)15-23(33)26(35)31-22-14-8-12-18-9-6-7-13-21(18)22/h6-7,9,13,17,19-20,22-24H,3-5,8,10-12,14-16,29H2,1-2H3,(H,30,37)(H,31,35)(H,32,34)/t17?,20-,22+,23-,24?/m0/s1. The Morgan fingerprint density at radius 2 is 1.79 bits per heavy atom. The van der Waals surface area contributed by atoms with Crippen molar-refractivity contribution in [2.75, 3.05) is 13.6 Å². The van der Waals surface area contributed by atoms with Crippen LogP contribution in [0.25, 0.3) is 0 Å². The minimum absolute atomic E-state index is 0.0573. The quantitative estimate of drug-likeness (QED) is 0.427. The number of benzene rings is 1. The first-order valence-corrected chi connectivity index (χ1v) is 13.9. The summed E-state index contributed by atoms with van der Waals surface area (Å²) in [5.74, 6) is -1.11. The van der Waals surface area contributed by atoms with Crippen LogP contribution < -0.4 is 21.7 Å². The van der Waals surface area contributed by atoms with Gasteiger partial charge in [-0.1, -0.05) is 43.5 Å². The summed E-state index contributed by atoms with van der Waals surface area (Å²) in [5.41, 5.74) is 8.65. The van der Waals surface area contributed by atoms with E-state index in [9.17, 15) is 19.2 Å². The third kappa shape index (κ3) is 6.46. The van der Waals surface area contributed by atoms with Crippen LogP contribution in [0.5, 0.6) is 0 Å². The predicted octanol–water partition coefficient (Wildman–Crippen LogP) is 1.92. The molecule has 1 aromatic carbocycles. The monoisotopic (exact) mass is 527 g/mol. The van der Waals surface area contributed by atoms with Crippen molar-refractivity contribution >= 4 is 23.8 Å². The molecule has 2 fully saturated rings. The molecular weight excluding hydrogens is 486 g/mol. The number of carbonyl (C=O) groups excluding carboxylic acids is 4. The molecule has 3 aliphatic rings. The van der Waals surface area contributed by atoms with Gasteiger partial charge in [-0.2, -0.15) is 0 Å². The van der Waals surface area contributed by atoms with Gasteiger partial charge in [0.25, 0.3) is 5.91 Å². The minimum Gasteiger partial charge on any atom is -0.436 e. The Balaban J connectivity index is 1.50. The van der Waals surface area contributed by atoms with E-state index >= 15 is 0 Å². The van der Waals surface area contributed by atoms with Gasteiger partial charge in [0, 0.05) is 19.6 Å². The molecule has 0 aromatic heterocycles. The molecular formula is C28H41N5O5. The molecule has 0 spiro atoms. The number of alkyl carbamates (subject to hydrolysis) is 1. The van der Waals surface area contributed by atoms with Crippen molar-refractivity contribution in [3.05, 3.63) is 35.4 Å². The molecule has 1 aliphatic heterocycles. The molecule has 38 heavy (non-hydrogen) atoms. The van der Waals surface area contributed by atoms with E-state index < -0.39 is 30.2 Å². The highest BCUT2D eigenvalue weighted by molar-refractivity contribution is 5.94. The molecule has 1 saturated heterocycles. The lowest BCUT2D eigenvalue weighted by atomic mass is 9.83. The summed E-state index contributed by atoms with van der Waals surface area (Å²) in [7, 11) is 1.41. The van der Waals surface area contributed by atoms with E-state index in [1.165, 1.54) is 19.5 Å². The molecule has 10 nitrogen and oxygen atoms in total. The number of aryl methyl sites for hydroxylation is 1. The van der Waals surface area contributed by atoms with Crippen molar-refractivity contribution in [3.63, 3.8) is 0 Å². The number of likely N-dealkylation sites (tertiary alicyclic amines) is 1. The van der Waals surface area contributed by atoms with E-state index in [0.29, 0.717) is 6.42 Å². The van der Waals surface area contributed by atoms with Gasteiger partial charge in [0.1, 0.15) is 12.1 Å². The van der Waals surface area contributed by atoms with Gasteiger partial charge in [-0.25, -0.2) is 4.79 Å². The van der Waals surface area contributed by atoms with Crippen LogP contribution in [-0.2, 0) is 25.5 Å². The summed E-state index contributed by atoms with van der Waals surface area (Å²) in [5, 5.41) is 8.36. The summed E-state index contributed by atoms with van der Waals surface area (Å²) in [6, 6.07) is 6.21. The predicted molar refractivity (Wildman–Crippen MR) is 142 cm³/mol. The van der Waals surface area contributed by atoms with Crippen LogP contribution in [0.3, 0.4) is 0 Å². The Kier molecular flexibility index (Phi) is 9.25. The number of nitrogens with one attached hydrogen (secondary N) is 3. The van der Waals surface area contributed by atoms with Gasteiger partial charge in [0.05, 0.1) is 6.04 Å². The van der Waals surface area contributed by atoms with E-state index in [2.05, 4.69) is 28.1 Å². The van der Waals surface area contributed by atoms with E-state index in [1.807, 2.05) is 12.1 Å². The summed E-state index contributed by atoms with van der Waals surface area (Å²) in [4.78, 5) is 53.6. The van der Waals surface area contributed by atoms with E-state index in [4.69, 9.17) is 10.5 Å². The normalized spacial score (nSPS) is 25.0. The van der Waals surface area contributed by atoms with Crippen molar-refractivity contribution in [1.82, 2.24) is 20.9 Å². The number of carbonyl (C=O) groups is 4. The fraction of sp³-hybridized carbons (Fsp3) is 0.643. The van der Waals surface area contributed by atoms with Crippen molar-refractivity contribution in [2.24, 2.45) is 11.7 Å². The molecule has 4 rings (SSSR count). The molecule has 1 saturated carbocycles. The Morgan fingerprint density at radius 1 is 1.05 bits per heavy atom. The molecule has 208 valence electrons. The van der Waals surface area contributed by atoms with Crippen molar-refractivity contribution in [2.45, 2.75) is 95.0 Å². The Bertz CT molecular complexity index is 1030. The number of fused-ring (bicyclic) bond motifs is 1. The molecule has 0 radical (unpaired) electrons. The third-order valence-electron chi connectivity index (χ3n) is 8.15. The fourth-order valence-electron chi connectivity index (χ4n) is 6.10. The van der Waals surface area contributed by atoms with Crippen molar-refractivity contribution in [3.8, 4) is 0 Å². The van der Waals surface area contributed by atoms with E-state index in [0.717, 1.165) is 56.9 Å². The summed E-state index contributed by atoms with van der Waals surface area (Å²) in [6.45, 7) is 1.72. The lowest BCUT2D eigenvalue weighted by Crippen LogP contribution is -2.57. The highest BCUT2D eigenvalue weighted by Gasteiger charge is 2.44. The molecule has 2 unspecified atom stereocenters. The fourth-order valence-corrected chi connectivity index (χ4v) is 6.10. The number of nitrogens with two attached hydrogens (primary N) is 1. The average Bonchev–Trinajstić information content (AvgIpc) is 3.33. The zero-order chi connectivity index (χ0) is 27.2. The summed E-state index contributed by atoms with van der Waals surface area (Å²) < 4.78 is 5.07. The summed E-state index contributed by atoms with van der Waals surface area (Å²) >= 11 is 0. The average molecular weight is 528 g/mol. The van der Waals surface area contributed by atoms with Gasteiger partial charge >= 0.3 is 6.09 Å². The molecule has 1 aromatic rings. The first-order valence-electron chi connectivity index (χ1n) is 13.9. The molecule has 5 N–H and O–H groups in total. The second kappa shape index (κ2) is 12.6. The number of rotatable bonds is 7. The number of nitrogens with zero attached hydrogens (tertiary/aromatic N) is 1. The zero-order valence-electron chi connectivity index (χ0n) is 22.4. The van der Waals surface area contributed by atoms with Crippen LogP contribution in [0.1, 0.15) is 75.5 Å². The number of ether oxygens (including phenoxy) is 1. The lowest BCUT2D eigenvalue weighted by Gasteiger charge is -2.35. The second-order valence-corrected chi connectivity index (χ2v) is 10.8. The van der Waals surface area contributed by atoms with Gasteiger partial charge in [-0.3, -0.25) is 14.4 Å². The number of hydrogen-bond acceptors (Lipinski definition) is 6. The second-order valence-electron chi connectivity index (χ2n) is 10.8. The Hall–Kier alpha value is -3.14. The zero-order valence-corrected chi connectivity index (χ0v) is 22.4. The van der Waals surface area contributed by atoms with Gasteiger partial charge in [0.2, 0.25) is 11.8 Å². The van der Waals surface area contributed by atoms with Crippen LogP contribution in [0.2, 0.25) is 0 Å². The van der Waals surface area contributed by atoms with Crippen molar-refractivity contribution in [1.29, 1.82) is 0 Å². The van der Waals surface area contributed by atoms with E-state index in [1.54, 1.807) is 4.90 Å². The first-order chi connectivity index (χ1) is 18.3. The first kappa shape index (κ1) is 27.9. The van der Waals surface area contributed by atoms with Gasteiger partial charge in [-0.05, 0) is 62.5 Å². The topological polar surface area (TPSA) is 143 Å². The van der Waals surface area contributed by atoms with Gasteiger partial charge in [-0.15, -0.1) is 0 Å². The minimum atomic E-state index is -1.07. The molecule has 10 heteroatoms. The van der Waals surface area contributed by atoms with Crippen LogP contribution in [-0.4, -0.2) is 66.5 Å². The van der Waals surface area contributed by atoms with Crippen LogP contribution >= 0.6 is 0 Å². The molecule has 4 amide bonds. The Morgan fingerprint density at radius 3 is 2.53 bits per heavy atom.